The van der Waals surface area contributed by atoms with Crippen LogP contribution < -0.4 is 4.90 Å². The van der Waals surface area contributed by atoms with E-state index < -0.39 is 0 Å². The molecule has 0 aliphatic carbocycles. The molecule has 4 aromatic rings. The van der Waals surface area contributed by atoms with Crippen LogP contribution in [0.4, 0.5) is 5.13 Å². The minimum absolute atomic E-state index is 0.0598. The maximum absolute atomic E-state index is 13.5. The van der Waals surface area contributed by atoms with Gasteiger partial charge in [0.2, 0.25) is 0 Å². The summed E-state index contributed by atoms with van der Waals surface area (Å²) >= 11 is 7.75. The van der Waals surface area contributed by atoms with Gasteiger partial charge in [0, 0.05) is 31.2 Å². The zero-order valence-electron chi connectivity index (χ0n) is 18.4. The number of rotatable bonds is 7. The number of para-hydroxylation sites is 1. The van der Waals surface area contributed by atoms with E-state index >= 15 is 0 Å². The monoisotopic (exact) mass is 484 g/mol. The summed E-state index contributed by atoms with van der Waals surface area (Å²) in [4.78, 5) is 22.5. The summed E-state index contributed by atoms with van der Waals surface area (Å²) in [5.41, 5.74) is 3.50. The van der Waals surface area contributed by atoms with Crippen molar-refractivity contribution in [3.8, 4) is 0 Å². The van der Waals surface area contributed by atoms with Gasteiger partial charge >= 0.3 is 0 Å². The highest BCUT2D eigenvalue weighted by Gasteiger charge is 2.22. The van der Waals surface area contributed by atoms with E-state index in [9.17, 15) is 4.79 Å². The quantitative estimate of drug-likeness (QED) is 0.397. The molecule has 1 fully saturated rings. The number of nitrogens with zero attached hydrogens (tertiary/aromatic N) is 6. The number of thiazole rings is 1. The molecule has 2 aromatic heterocycles. The van der Waals surface area contributed by atoms with Gasteiger partial charge in [-0.2, -0.15) is 0 Å². The Labute approximate surface area is 200 Å². The van der Waals surface area contributed by atoms with Gasteiger partial charge in [-0.15, -0.1) is 5.10 Å². The molecule has 0 radical (unpaired) electrons. The first-order valence-corrected chi connectivity index (χ1v) is 12.2. The second-order valence-electron chi connectivity index (χ2n) is 8.15. The molecule has 5 rings (SSSR count). The van der Waals surface area contributed by atoms with Crippen molar-refractivity contribution < 1.29 is 9.53 Å². The summed E-state index contributed by atoms with van der Waals surface area (Å²) in [5, 5.41) is 9.74. The predicted octanol–water partition coefficient (Wildman–Crippen LogP) is 3.76. The average Bonchev–Trinajstić information content (AvgIpc) is 3.42. The van der Waals surface area contributed by atoms with Gasteiger partial charge in [-0.25, -0.2) is 9.67 Å². The van der Waals surface area contributed by atoms with E-state index in [-0.39, 0.29) is 12.5 Å². The molecule has 2 aromatic carbocycles. The third-order valence-electron chi connectivity index (χ3n) is 5.84. The van der Waals surface area contributed by atoms with Crippen molar-refractivity contribution in [3.05, 3.63) is 47.0 Å². The fourth-order valence-electron chi connectivity index (χ4n) is 4.11. The summed E-state index contributed by atoms with van der Waals surface area (Å²) < 4.78 is 8.08. The second kappa shape index (κ2) is 9.72. The summed E-state index contributed by atoms with van der Waals surface area (Å²) in [6.07, 6.45) is 0.847. The van der Waals surface area contributed by atoms with E-state index in [1.165, 1.54) is 11.3 Å². The number of aromatic nitrogens is 4. The third-order valence-corrected chi connectivity index (χ3v) is 7.08. The Morgan fingerprint density at radius 2 is 2.06 bits per heavy atom. The highest BCUT2D eigenvalue weighted by atomic mass is 35.5. The number of morpholine rings is 1. The number of hydrogen-bond acceptors (Lipinski definition) is 7. The Kier molecular flexibility index (Phi) is 6.55. The molecule has 33 heavy (non-hydrogen) atoms. The molecule has 0 unspecified atom stereocenters. The van der Waals surface area contributed by atoms with E-state index in [0.717, 1.165) is 66.1 Å². The topological polar surface area (TPSA) is 76.4 Å². The maximum Gasteiger partial charge on any atom is 0.250 e. The van der Waals surface area contributed by atoms with Gasteiger partial charge in [0.1, 0.15) is 12.1 Å². The van der Waals surface area contributed by atoms with Crippen LogP contribution in [0.2, 0.25) is 5.02 Å². The van der Waals surface area contributed by atoms with Crippen LogP contribution in [0.5, 0.6) is 0 Å². The molecule has 0 bridgehead atoms. The first-order chi connectivity index (χ1) is 16.1. The lowest BCUT2D eigenvalue weighted by molar-refractivity contribution is -0.119. The van der Waals surface area contributed by atoms with Crippen LogP contribution in [0.3, 0.4) is 0 Å². The van der Waals surface area contributed by atoms with Crippen LogP contribution in [-0.4, -0.2) is 70.2 Å². The molecule has 0 N–H and O–H groups in total. The molecule has 8 nitrogen and oxygen atoms in total. The number of amides is 1. The van der Waals surface area contributed by atoms with E-state index in [2.05, 4.69) is 15.2 Å². The van der Waals surface area contributed by atoms with Gasteiger partial charge in [-0.05, 0) is 43.2 Å². The fourth-order valence-corrected chi connectivity index (χ4v) is 5.57. The first-order valence-electron chi connectivity index (χ1n) is 11.0. The minimum atomic E-state index is -0.0598. The van der Waals surface area contributed by atoms with E-state index in [0.29, 0.717) is 16.7 Å². The zero-order valence-corrected chi connectivity index (χ0v) is 20.0. The number of carbonyl (C=O) groups is 1. The molecule has 1 aliphatic rings. The summed E-state index contributed by atoms with van der Waals surface area (Å²) in [5.74, 6) is -0.0598. The number of aryl methyl sites for hydroxylation is 1. The SMILES string of the molecule is Cc1cc(Cl)cc2sc(N(CCCN3CCOCC3)C(=O)Cn3nnc4ccccc43)nc12. The van der Waals surface area contributed by atoms with Crippen LogP contribution in [0.1, 0.15) is 12.0 Å². The highest BCUT2D eigenvalue weighted by molar-refractivity contribution is 7.22. The van der Waals surface area contributed by atoms with E-state index in [1.807, 2.05) is 43.3 Å². The molecule has 0 saturated carbocycles. The Morgan fingerprint density at radius 3 is 2.91 bits per heavy atom. The molecule has 1 saturated heterocycles. The number of hydrogen-bond donors (Lipinski definition) is 0. The normalized spacial score (nSPS) is 14.8. The van der Waals surface area contributed by atoms with Crippen LogP contribution in [0.15, 0.2) is 36.4 Å². The Bertz CT molecular complexity index is 1280. The van der Waals surface area contributed by atoms with Crippen molar-refractivity contribution in [1.82, 2.24) is 24.9 Å². The highest BCUT2D eigenvalue weighted by Crippen LogP contribution is 2.33. The molecular formula is C23H25ClN6O2S. The summed E-state index contributed by atoms with van der Waals surface area (Å²) in [6.45, 7) is 6.97. The molecule has 0 atom stereocenters. The molecular weight excluding hydrogens is 460 g/mol. The van der Waals surface area contributed by atoms with Gasteiger partial charge in [0.05, 0.1) is 28.9 Å². The fraction of sp³-hybridized carbons (Fsp3) is 0.391. The van der Waals surface area contributed by atoms with Crippen molar-refractivity contribution >= 4 is 55.2 Å². The van der Waals surface area contributed by atoms with Crippen LogP contribution in [-0.2, 0) is 16.1 Å². The lowest BCUT2D eigenvalue weighted by atomic mass is 10.2. The Morgan fingerprint density at radius 1 is 1.24 bits per heavy atom. The number of halogens is 1. The van der Waals surface area contributed by atoms with Crippen molar-refractivity contribution in [3.63, 3.8) is 0 Å². The number of benzene rings is 2. The van der Waals surface area contributed by atoms with Gasteiger partial charge in [0.15, 0.2) is 5.13 Å². The van der Waals surface area contributed by atoms with Crippen molar-refractivity contribution in [2.75, 3.05) is 44.3 Å². The average molecular weight is 485 g/mol. The second-order valence-corrected chi connectivity index (χ2v) is 9.60. The molecule has 1 aliphatic heterocycles. The number of fused-ring (bicyclic) bond motifs is 2. The van der Waals surface area contributed by atoms with Crippen LogP contribution in [0.25, 0.3) is 21.3 Å². The van der Waals surface area contributed by atoms with Gasteiger partial charge < -0.3 is 4.74 Å². The molecule has 10 heteroatoms. The zero-order chi connectivity index (χ0) is 22.8. The molecule has 172 valence electrons. The number of carbonyl (C=O) groups excluding carboxylic acids is 1. The summed E-state index contributed by atoms with van der Waals surface area (Å²) in [7, 11) is 0. The van der Waals surface area contributed by atoms with Crippen molar-refractivity contribution in [1.29, 1.82) is 0 Å². The largest absolute Gasteiger partial charge is 0.379 e. The number of ether oxygens (including phenoxy) is 1. The third kappa shape index (κ3) is 4.86. The number of anilines is 1. The van der Waals surface area contributed by atoms with Crippen molar-refractivity contribution in [2.45, 2.75) is 19.9 Å². The lowest BCUT2D eigenvalue weighted by Gasteiger charge is -2.27. The molecule has 0 spiro atoms. The summed E-state index contributed by atoms with van der Waals surface area (Å²) in [6, 6.07) is 11.5. The standard InChI is InChI=1S/C23H25ClN6O2S/c1-16-13-17(24)14-20-22(16)25-23(33-20)29(8-4-7-28-9-11-32-12-10-28)21(31)15-30-19-6-3-2-5-18(19)26-27-30/h2-3,5-6,13-14H,4,7-12,15H2,1H3. The first kappa shape index (κ1) is 22.2. The maximum atomic E-state index is 13.5. The van der Waals surface area contributed by atoms with Crippen LogP contribution in [0, 0.1) is 6.92 Å². The Hall–Kier alpha value is -2.59. The lowest BCUT2D eigenvalue weighted by Crippen LogP contribution is -2.40. The van der Waals surface area contributed by atoms with Gasteiger partial charge in [-0.3, -0.25) is 14.6 Å². The van der Waals surface area contributed by atoms with E-state index in [1.54, 1.807) is 9.58 Å². The smallest absolute Gasteiger partial charge is 0.250 e. The van der Waals surface area contributed by atoms with Gasteiger partial charge in [-0.1, -0.05) is 40.3 Å². The van der Waals surface area contributed by atoms with Crippen LogP contribution >= 0.6 is 22.9 Å². The predicted molar refractivity (Wildman–Crippen MR) is 131 cm³/mol. The van der Waals surface area contributed by atoms with E-state index in [4.69, 9.17) is 21.3 Å². The molecule has 3 heterocycles. The minimum Gasteiger partial charge on any atom is -0.379 e. The van der Waals surface area contributed by atoms with Gasteiger partial charge in [0.25, 0.3) is 5.91 Å². The molecule has 1 amide bonds. The van der Waals surface area contributed by atoms with Crippen molar-refractivity contribution in [2.24, 2.45) is 0 Å². The Balaban J connectivity index is 1.40.